The lowest BCUT2D eigenvalue weighted by molar-refractivity contribution is -0.152. The van der Waals surface area contributed by atoms with Crippen molar-refractivity contribution in [2.24, 2.45) is 28.6 Å². The van der Waals surface area contributed by atoms with E-state index in [0.717, 1.165) is 37.1 Å². The molecule has 0 amide bonds. The van der Waals surface area contributed by atoms with Crippen LogP contribution in [0.2, 0.25) is 0 Å². The smallest absolute Gasteiger partial charge is 0.131 e. The Morgan fingerprint density at radius 3 is 2.68 bits per heavy atom. The topological polar surface area (TPSA) is 58.3 Å². The number of aliphatic hydroxyl groups is 2. The average molecular weight is 461 g/mol. The Morgan fingerprint density at radius 1 is 1.18 bits per heavy atom. The fourth-order valence-corrected chi connectivity index (χ4v) is 8.39. The van der Waals surface area contributed by atoms with E-state index in [1.165, 1.54) is 23.3 Å². The normalized spacial score (nSPS) is 40.2. The van der Waals surface area contributed by atoms with E-state index in [9.17, 15) is 14.6 Å². The summed E-state index contributed by atoms with van der Waals surface area (Å²) in [5.41, 5.74) is 2.97. The number of halogens is 1. The van der Waals surface area contributed by atoms with Gasteiger partial charge in [0, 0.05) is 5.41 Å². The van der Waals surface area contributed by atoms with Crippen molar-refractivity contribution >= 4 is 6.08 Å². The highest BCUT2D eigenvalue weighted by atomic mass is 19.1. The Balaban J connectivity index is 1.38. The average Bonchev–Trinajstić information content (AvgIpc) is 3.30. The number of allylic oxidation sites excluding steroid dienone is 1. The van der Waals surface area contributed by atoms with Gasteiger partial charge in [-0.3, -0.25) is 0 Å². The summed E-state index contributed by atoms with van der Waals surface area (Å²) in [5, 5.41) is 27.8. The van der Waals surface area contributed by atoms with E-state index >= 15 is 0 Å². The summed E-state index contributed by atoms with van der Waals surface area (Å²) in [6, 6.07) is 6.46. The van der Waals surface area contributed by atoms with E-state index in [1.54, 1.807) is 19.1 Å². The van der Waals surface area contributed by atoms with Crippen LogP contribution in [0.5, 0.6) is 0 Å². The SMILES string of the molecule is CC#C[C@]1(O)CCC2C3CCC4=Cc5c(cnn5-c5ccc(F)cc5)C[C@]4(C)C3C(O)C[C@@]21C. The molecule has 4 unspecified atom stereocenters. The number of nitrogens with zero attached hydrogens (tertiary/aromatic N) is 2. The molecule has 1 heterocycles. The van der Waals surface area contributed by atoms with Crippen molar-refractivity contribution in [1.29, 1.82) is 0 Å². The van der Waals surface area contributed by atoms with Crippen molar-refractivity contribution in [2.75, 3.05) is 0 Å². The minimum atomic E-state index is -1.01. The summed E-state index contributed by atoms with van der Waals surface area (Å²) in [4.78, 5) is 0. The molecule has 3 saturated carbocycles. The highest BCUT2D eigenvalue weighted by Gasteiger charge is 2.66. The fourth-order valence-electron chi connectivity index (χ4n) is 8.39. The summed E-state index contributed by atoms with van der Waals surface area (Å²) in [7, 11) is 0. The van der Waals surface area contributed by atoms with Crippen LogP contribution in [0.25, 0.3) is 11.8 Å². The molecule has 178 valence electrons. The Bertz CT molecular complexity index is 1240. The molecule has 0 aliphatic heterocycles. The second-order valence-corrected chi connectivity index (χ2v) is 11.5. The Kier molecular flexibility index (Phi) is 4.73. The quantitative estimate of drug-likeness (QED) is 0.594. The van der Waals surface area contributed by atoms with Gasteiger partial charge < -0.3 is 10.2 Å². The molecular weight excluding hydrogens is 427 g/mol. The summed E-state index contributed by atoms with van der Waals surface area (Å²) < 4.78 is 15.4. The third-order valence-corrected chi connectivity index (χ3v) is 9.98. The van der Waals surface area contributed by atoms with Crippen molar-refractivity contribution in [3.8, 4) is 17.5 Å². The molecule has 4 aliphatic rings. The molecule has 4 aliphatic carbocycles. The van der Waals surface area contributed by atoms with Gasteiger partial charge in [-0.25, -0.2) is 9.07 Å². The summed E-state index contributed by atoms with van der Waals surface area (Å²) in [6.07, 6.45) is 8.85. The van der Waals surface area contributed by atoms with Crippen LogP contribution in [-0.4, -0.2) is 31.7 Å². The molecule has 7 atom stereocenters. The number of hydrogen-bond donors (Lipinski definition) is 2. The number of fused-ring (bicyclic) bond motifs is 6. The van der Waals surface area contributed by atoms with Crippen LogP contribution in [0.1, 0.15) is 64.1 Å². The molecule has 2 aromatic rings. The van der Waals surface area contributed by atoms with Crippen molar-refractivity contribution in [1.82, 2.24) is 9.78 Å². The zero-order chi connectivity index (χ0) is 23.9. The third kappa shape index (κ3) is 2.82. The van der Waals surface area contributed by atoms with Gasteiger partial charge in [-0.05, 0) is 105 Å². The minimum Gasteiger partial charge on any atom is -0.393 e. The number of benzene rings is 1. The lowest BCUT2D eigenvalue weighted by Crippen LogP contribution is -2.59. The number of aliphatic hydroxyl groups excluding tert-OH is 1. The first kappa shape index (κ1) is 22.1. The van der Waals surface area contributed by atoms with Crippen molar-refractivity contribution < 1.29 is 14.6 Å². The monoisotopic (exact) mass is 460 g/mol. The van der Waals surface area contributed by atoms with E-state index in [2.05, 4.69) is 36.9 Å². The van der Waals surface area contributed by atoms with E-state index in [1.807, 2.05) is 10.9 Å². The molecule has 5 heteroatoms. The number of aromatic nitrogens is 2. The summed E-state index contributed by atoms with van der Waals surface area (Å²) in [6.45, 7) is 6.28. The molecule has 6 rings (SSSR count). The summed E-state index contributed by atoms with van der Waals surface area (Å²) >= 11 is 0. The van der Waals surface area contributed by atoms with Crippen molar-refractivity contribution in [3.05, 3.63) is 53.1 Å². The first-order valence-corrected chi connectivity index (χ1v) is 12.6. The Labute approximate surface area is 200 Å². The second-order valence-electron chi connectivity index (χ2n) is 11.5. The molecule has 2 N–H and O–H groups in total. The fraction of sp³-hybridized carbons (Fsp3) is 0.552. The van der Waals surface area contributed by atoms with E-state index in [0.29, 0.717) is 24.7 Å². The molecule has 0 spiro atoms. The van der Waals surface area contributed by atoms with Crippen LogP contribution >= 0.6 is 0 Å². The maximum absolute atomic E-state index is 13.5. The van der Waals surface area contributed by atoms with Gasteiger partial charge in [0.2, 0.25) is 0 Å². The van der Waals surface area contributed by atoms with E-state index in [-0.39, 0.29) is 22.6 Å². The van der Waals surface area contributed by atoms with Crippen LogP contribution in [0.4, 0.5) is 4.39 Å². The highest BCUT2D eigenvalue weighted by molar-refractivity contribution is 5.61. The van der Waals surface area contributed by atoms with Crippen LogP contribution in [0.15, 0.2) is 36.0 Å². The third-order valence-electron chi connectivity index (χ3n) is 9.98. The first-order valence-electron chi connectivity index (χ1n) is 12.6. The second kappa shape index (κ2) is 7.29. The standard InChI is InChI=1S/C29H33FN2O2/c1-4-12-29(34)13-11-23-22-10-5-19-14-24-18(17-31-32(24)21-8-6-20(30)7-9-21)15-27(19,2)26(22)25(33)16-28(23,29)3/h6-9,14,17,22-23,25-26,33-34H,5,10-11,13,15-16H2,1-3H3/t22?,23?,25?,26?,27-,28-,29-/m0/s1. The van der Waals surface area contributed by atoms with Crippen LogP contribution in [0, 0.1) is 46.2 Å². The van der Waals surface area contributed by atoms with E-state index < -0.39 is 11.7 Å². The maximum atomic E-state index is 13.5. The van der Waals surface area contributed by atoms with Gasteiger partial charge in [-0.1, -0.05) is 25.3 Å². The van der Waals surface area contributed by atoms with Gasteiger partial charge in [0.25, 0.3) is 0 Å². The first-order chi connectivity index (χ1) is 16.2. The molecule has 34 heavy (non-hydrogen) atoms. The predicted octanol–water partition coefficient (Wildman–Crippen LogP) is 4.92. The van der Waals surface area contributed by atoms with Gasteiger partial charge in [0.05, 0.1) is 23.7 Å². The molecule has 1 aromatic carbocycles. The van der Waals surface area contributed by atoms with Crippen LogP contribution in [-0.2, 0) is 6.42 Å². The number of rotatable bonds is 1. The van der Waals surface area contributed by atoms with Gasteiger partial charge in [0.15, 0.2) is 0 Å². The molecule has 0 saturated heterocycles. The summed E-state index contributed by atoms with van der Waals surface area (Å²) in [5.74, 6) is 6.73. The molecule has 1 aromatic heterocycles. The largest absolute Gasteiger partial charge is 0.393 e. The molecule has 4 nitrogen and oxygen atoms in total. The van der Waals surface area contributed by atoms with Crippen molar-refractivity contribution in [2.45, 2.75) is 71.0 Å². The zero-order valence-electron chi connectivity index (χ0n) is 20.2. The molecule has 0 radical (unpaired) electrons. The van der Waals surface area contributed by atoms with Gasteiger partial charge >= 0.3 is 0 Å². The zero-order valence-corrected chi connectivity index (χ0v) is 20.2. The lowest BCUT2D eigenvalue weighted by atomic mass is 9.45. The molecular formula is C29H33FN2O2. The van der Waals surface area contributed by atoms with E-state index in [4.69, 9.17) is 0 Å². The molecule has 0 bridgehead atoms. The van der Waals surface area contributed by atoms with Crippen molar-refractivity contribution in [3.63, 3.8) is 0 Å². The highest BCUT2D eigenvalue weighted by Crippen LogP contribution is 2.67. The molecule has 3 fully saturated rings. The minimum absolute atomic E-state index is 0.134. The predicted molar refractivity (Wildman–Crippen MR) is 129 cm³/mol. The lowest BCUT2D eigenvalue weighted by Gasteiger charge is -2.60. The Morgan fingerprint density at radius 2 is 1.94 bits per heavy atom. The van der Waals surface area contributed by atoms with Gasteiger partial charge in [0.1, 0.15) is 11.4 Å². The van der Waals surface area contributed by atoms with Crippen LogP contribution < -0.4 is 0 Å². The van der Waals surface area contributed by atoms with Gasteiger partial charge in [-0.15, -0.1) is 5.92 Å². The Hall–Kier alpha value is -2.42. The van der Waals surface area contributed by atoms with Gasteiger partial charge in [-0.2, -0.15) is 5.10 Å². The van der Waals surface area contributed by atoms with Crippen LogP contribution in [0.3, 0.4) is 0 Å². The maximum Gasteiger partial charge on any atom is 0.131 e. The number of hydrogen-bond acceptors (Lipinski definition) is 3.